The van der Waals surface area contributed by atoms with Crippen molar-refractivity contribution in [2.75, 3.05) is 13.1 Å². The molecule has 0 aromatic heterocycles. The van der Waals surface area contributed by atoms with Crippen LogP contribution in [0.5, 0.6) is 5.75 Å². The van der Waals surface area contributed by atoms with Crippen LogP contribution in [-0.2, 0) is 11.2 Å². The highest BCUT2D eigenvalue weighted by Gasteiger charge is 2.21. The van der Waals surface area contributed by atoms with Gasteiger partial charge in [0.05, 0.1) is 6.42 Å². The number of carbonyl (C=O) groups excluding carboxylic acids is 1. The summed E-state index contributed by atoms with van der Waals surface area (Å²) in [6.45, 7) is 5.18. The van der Waals surface area contributed by atoms with Crippen LogP contribution >= 0.6 is 0 Å². The molecule has 4 heteroatoms. The Balaban J connectivity index is 2.80. The van der Waals surface area contributed by atoms with Gasteiger partial charge in [-0.05, 0) is 18.9 Å². The number of amides is 1. The van der Waals surface area contributed by atoms with E-state index in [1.54, 1.807) is 18.2 Å². The van der Waals surface area contributed by atoms with Crippen molar-refractivity contribution in [1.29, 1.82) is 0 Å². The first-order valence-electron chi connectivity index (χ1n) is 6.90. The molecule has 0 spiro atoms. The molecular formula is C15H24N2O2. The third-order valence-electron chi connectivity index (χ3n) is 3.41. The van der Waals surface area contributed by atoms with E-state index in [2.05, 4.69) is 13.8 Å². The molecule has 1 amide bonds. The summed E-state index contributed by atoms with van der Waals surface area (Å²) in [7, 11) is 0. The summed E-state index contributed by atoms with van der Waals surface area (Å²) in [4.78, 5) is 14.2. The summed E-state index contributed by atoms with van der Waals surface area (Å²) in [6, 6.07) is 7.18. The minimum atomic E-state index is 0.0284. The third-order valence-corrected chi connectivity index (χ3v) is 3.41. The smallest absolute Gasteiger partial charge is 0.227 e. The van der Waals surface area contributed by atoms with Crippen LogP contribution in [0.15, 0.2) is 24.3 Å². The van der Waals surface area contributed by atoms with Gasteiger partial charge in [-0.2, -0.15) is 0 Å². The molecule has 1 rings (SSSR count). The van der Waals surface area contributed by atoms with Crippen LogP contribution in [0.25, 0.3) is 0 Å². The zero-order valence-corrected chi connectivity index (χ0v) is 11.8. The summed E-state index contributed by atoms with van der Waals surface area (Å²) in [5.74, 6) is 0.203. The number of benzene rings is 1. The van der Waals surface area contributed by atoms with Crippen LogP contribution in [0.3, 0.4) is 0 Å². The predicted molar refractivity (Wildman–Crippen MR) is 76.9 cm³/mol. The van der Waals surface area contributed by atoms with Gasteiger partial charge in [-0.15, -0.1) is 0 Å². The van der Waals surface area contributed by atoms with E-state index in [1.165, 1.54) is 0 Å². The van der Waals surface area contributed by atoms with Crippen molar-refractivity contribution >= 4 is 5.91 Å². The lowest BCUT2D eigenvalue weighted by atomic mass is 10.1. The quantitative estimate of drug-likeness (QED) is 0.790. The molecular weight excluding hydrogens is 240 g/mol. The molecule has 106 valence electrons. The first-order chi connectivity index (χ1) is 9.13. The van der Waals surface area contributed by atoms with E-state index in [4.69, 9.17) is 5.73 Å². The molecule has 0 aliphatic carbocycles. The highest BCUT2D eigenvalue weighted by molar-refractivity contribution is 5.79. The Bertz CT molecular complexity index is 403. The van der Waals surface area contributed by atoms with Crippen LogP contribution in [0, 0.1) is 0 Å². The average molecular weight is 264 g/mol. The maximum absolute atomic E-state index is 12.4. The Kier molecular flexibility index (Phi) is 6.36. The molecule has 19 heavy (non-hydrogen) atoms. The minimum Gasteiger partial charge on any atom is -0.508 e. The number of phenols is 1. The van der Waals surface area contributed by atoms with E-state index in [0.717, 1.165) is 12.8 Å². The summed E-state index contributed by atoms with van der Waals surface area (Å²) in [5, 5.41) is 9.73. The molecule has 0 atom stereocenters. The third kappa shape index (κ3) is 4.24. The fourth-order valence-corrected chi connectivity index (χ4v) is 2.30. The van der Waals surface area contributed by atoms with E-state index in [-0.39, 0.29) is 24.1 Å². The zero-order chi connectivity index (χ0) is 14.3. The second kappa shape index (κ2) is 7.79. The van der Waals surface area contributed by atoms with Gasteiger partial charge in [-0.3, -0.25) is 4.79 Å². The van der Waals surface area contributed by atoms with E-state index >= 15 is 0 Å². The molecule has 0 unspecified atom stereocenters. The van der Waals surface area contributed by atoms with Gasteiger partial charge >= 0.3 is 0 Å². The van der Waals surface area contributed by atoms with Crippen molar-refractivity contribution in [3.05, 3.63) is 29.8 Å². The van der Waals surface area contributed by atoms with Gasteiger partial charge < -0.3 is 15.7 Å². The van der Waals surface area contributed by atoms with Crippen LogP contribution < -0.4 is 5.73 Å². The number of rotatable bonds is 7. The minimum absolute atomic E-state index is 0.0284. The van der Waals surface area contributed by atoms with Gasteiger partial charge in [-0.1, -0.05) is 32.0 Å². The van der Waals surface area contributed by atoms with Crippen molar-refractivity contribution < 1.29 is 9.90 Å². The first-order valence-corrected chi connectivity index (χ1v) is 6.90. The molecule has 0 heterocycles. The molecule has 0 radical (unpaired) electrons. The van der Waals surface area contributed by atoms with Crippen LogP contribution in [0.1, 0.15) is 32.3 Å². The maximum atomic E-state index is 12.4. The first kappa shape index (κ1) is 15.5. The number of aromatic hydroxyl groups is 1. The van der Waals surface area contributed by atoms with Gasteiger partial charge in [0.15, 0.2) is 0 Å². The Labute approximate surface area is 115 Å². The summed E-state index contributed by atoms with van der Waals surface area (Å²) in [6.07, 6.45) is 2.06. The van der Waals surface area contributed by atoms with Crippen molar-refractivity contribution in [2.24, 2.45) is 5.73 Å². The maximum Gasteiger partial charge on any atom is 0.227 e. The van der Waals surface area contributed by atoms with E-state index < -0.39 is 0 Å². The Hall–Kier alpha value is -1.55. The lowest BCUT2D eigenvalue weighted by Crippen LogP contribution is -2.43. The van der Waals surface area contributed by atoms with E-state index in [0.29, 0.717) is 18.7 Å². The molecule has 3 N–H and O–H groups in total. The fraction of sp³-hybridized carbons (Fsp3) is 0.533. The zero-order valence-electron chi connectivity index (χ0n) is 11.8. The van der Waals surface area contributed by atoms with Crippen LogP contribution in [0.4, 0.5) is 0 Å². The molecule has 0 fully saturated rings. The molecule has 1 aromatic rings. The Morgan fingerprint density at radius 2 is 1.95 bits per heavy atom. The van der Waals surface area contributed by atoms with Gasteiger partial charge in [0, 0.05) is 24.7 Å². The van der Waals surface area contributed by atoms with Gasteiger partial charge in [0.1, 0.15) is 5.75 Å². The van der Waals surface area contributed by atoms with E-state index in [1.807, 2.05) is 11.0 Å². The lowest BCUT2D eigenvalue weighted by Gasteiger charge is -2.30. The van der Waals surface area contributed by atoms with Crippen molar-refractivity contribution in [3.8, 4) is 5.75 Å². The molecule has 4 nitrogen and oxygen atoms in total. The summed E-state index contributed by atoms with van der Waals surface area (Å²) >= 11 is 0. The number of hydrogen-bond donors (Lipinski definition) is 2. The monoisotopic (exact) mass is 264 g/mol. The molecule has 0 bridgehead atoms. The molecule has 1 aromatic carbocycles. The van der Waals surface area contributed by atoms with Crippen LogP contribution in [-0.4, -0.2) is 35.0 Å². The Morgan fingerprint density at radius 1 is 1.32 bits per heavy atom. The average Bonchev–Trinajstić information content (AvgIpc) is 2.41. The topological polar surface area (TPSA) is 66.6 Å². The molecule has 0 saturated carbocycles. The number of phenolic OH excluding ortho intramolecular Hbond substituents is 1. The number of carbonyl (C=O) groups is 1. The normalized spacial score (nSPS) is 10.7. The van der Waals surface area contributed by atoms with Crippen molar-refractivity contribution in [1.82, 2.24) is 4.90 Å². The number of nitrogens with zero attached hydrogens (tertiary/aromatic N) is 1. The second-order valence-corrected chi connectivity index (χ2v) is 4.65. The highest BCUT2D eigenvalue weighted by atomic mass is 16.3. The summed E-state index contributed by atoms with van der Waals surface area (Å²) < 4.78 is 0. The highest BCUT2D eigenvalue weighted by Crippen LogP contribution is 2.18. The lowest BCUT2D eigenvalue weighted by molar-refractivity contribution is -0.132. The SMILES string of the molecule is CCC(CC)N(CCN)C(=O)Cc1ccccc1O. The summed E-state index contributed by atoms with van der Waals surface area (Å²) in [5.41, 5.74) is 6.26. The fourth-order valence-electron chi connectivity index (χ4n) is 2.30. The molecule has 0 aliphatic rings. The van der Waals surface area contributed by atoms with Crippen LogP contribution in [0.2, 0.25) is 0 Å². The largest absolute Gasteiger partial charge is 0.508 e. The number of hydrogen-bond acceptors (Lipinski definition) is 3. The van der Waals surface area contributed by atoms with Gasteiger partial charge in [0.25, 0.3) is 0 Å². The van der Waals surface area contributed by atoms with Gasteiger partial charge in [0.2, 0.25) is 5.91 Å². The standard InChI is InChI=1S/C15H24N2O2/c1-3-13(4-2)17(10-9-16)15(19)11-12-7-5-6-8-14(12)18/h5-8,13,18H,3-4,9-11,16H2,1-2H3. The Morgan fingerprint density at radius 3 is 2.47 bits per heavy atom. The van der Waals surface area contributed by atoms with E-state index in [9.17, 15) is 9.90 Å². The van der Waals surface area contributed by atoms with Crippen molar-refractivity contribution in [2.45, 2.75) is 39.2 Å². The van der Waals surface area contributed by atoms with Gasteiger partial charge in [-0.25, -0.2) is 0 Å². The predicted octanol–water partition coefficient (Wildman–Crippen LogP) is 1.91. The molecule has 0 aliphatic heterocycles. The number of para-hydroxylation sites is 1. The van der Waals surface area contributed by atoms with Crippen molar-refractivity contribution in [3.63, 3.8) is 0 Å². The molecule has 0 saturated heterocycles. The number of nitrogens with two attached hydrogens (primary N) is 1. The second-order valence-electron chi connectivity index (χ2n) is 4.65.